The van der Waals surface area contributed by atoms with Crippen molar-refractivity contribution in [1.29, 1.82) is 5.26 Å². The fourth-order valence-electron chi connectivity index (χ4n) is 3.86. The van der Waals surface area contributed by atoms with E-state index in [1.165, 1.54) is 17.8 Å². The maximum Gasteiger partial charge on any atom is 0.273 e. The molecule has 4 rings (SSSR count). The van der Waals surface area contributed by atoms with Crippen molar-refractivity contribution in [3.63, 3.8) is 0 Å². The van der Waals surface area contributed by atoms with Gasteiger partial charge in [-0.1, -0.05) is 85.8 Å². The van der Waals surface area contributed by atoms with Crippen molar-refractivity contribution in [2.75, 3.05) is 0 Å². The standard InChI is InChI=1S/C27H25N5O2S/c1-2-3-12-26-29-30-27(35-19-23-9-5-7-11-25(23)32(33)34)31(26)18-20-13-15-21(16-14-20)24-10-6-4-8-22(24)17-28/h4-11,13-16H,2-3,12,18-19H2,1H3. The first-order valence-electron chi connectivity index (χ1n) is 11.5. The second-order valence-corrected chi connectivity index (χ2v) is 9.06. The summed E-state index contributed by atoms with van der Waals surface area (Å²) in [6.07, 6.45) is 2.89. The lowest BCUT2D eigenvalue weighted by Gasteiger charge is -2.11. The number of rotatable bonds is 10. The van der Waals surface area contributed by atoms with Crippen molar-refractivity contribution in [3.05, 3.63) is 105 Å². The molecule has 0 saturated carbocycles. The number of thioether (sulfide) groups is 1. The molecule has 8 heteroatoms. The number of nitro benzene ring substituents is 1. The van der Waals surface area contributed by atoms with Crippen LogP contribution in [0.1, 0.15) is 42.3 Å². The van der Waals surface area contributed by atoms with Crippen LogP contribution in [0.4, 0.5) is 5.69 Å². The Balaban J connectivity index is 1.57. The maximum atomic E-state index is 11.4. The third-order valence-corrected chi connectivity index (χ3v) is 6.76. The molecule has 176 valence electrons. The van der Waals surface area contributed by atoms with Gasteiger partial charge in [-0.3, -0.25) is 10.1 Å². The number of aryl methyl sites for hydroxylation is 1. The molecule has 0 aliphatic rings. The normalized spacial score (nSPS) is 10.7. The third-order valence-electron chi connectivity index (χ3n) is 5.75. The molecule has 3 aromatic carbocycles. The second kappa shape index (κ2) is 11.4. The van der Waals surface area contributed by atoms with Gasteiger partial charge in [0.2, 0.25) is 0 Å². The van der Waals surface area contributed by atoms with E-state index in [0.29, 0.717) is 23.4 Å². The van der Waals surface area contributed by atoms with Gasteiger partial charge < -0.3 is 4.57 Å². The van der Waals surface area contributed by atoms with Crippen LogP contribution in [-0.2, 0) is 18.7 Å². The Hall–Kier alpha value is -3.96. The smallest absolute Gasteiger partial charge is 0.273 e. The van der Waals surface area contributed by atoms with E-state index in [1.54, 1.807) is 12.1 Å². The highest BCUT2D eigenvalue weighted by Crippen LogP contribution is 2.29. The lowest BCUT2D eigenvalue weighted by atomic mass is 9.99. The second-order valence-electron chi connectivity index (χ2n) is 8.12. The summed E-state index contributed by atoms with van der Waals surface area (Å²) in [5.74, 6) is 1.35. The lowest BCUT2D eigenvalue weighted by Crippen LogP contribution is -2.07. The van der Waals surface area contributed by atoms with E-state index in [0.717, 1.165) is 46.9 Å². The Kier molecular flexibility index (Phi) is 7.91. The summed E-state index contributed by atoms with van der Waals surface area (Å²) in [5, 5.41) is 30.4. The van der Waals surface area contributed by atoms with E-state index in [2.05, 4.69) is 39.9 Å². The zero-order valence-corrected chi connectivity index (χ0v) is 20.2. The molecular weight excluding hydrogens is 458 g/mol. The highest BCUT2D eigenvalue weighted by Gasteiger charge is 2.17. The summed E-state index contributed by atoms with van der Waals surface area (Å²) in [6.45, 7) is 2.74. The molecule has 0 unspecified atom stereocenters. The van der Waals surface area contributed by atoms with Crippen molar-refractivity contribution in [3.8, 4) is 17.2 Å². The number of nitriles is 1. The SMILES string of the molecule is CCCCc1nnc(SCc2ccccc2[N+](=O)[O-])n1Cc1ccc(-c2ccccc2C#N)cc1. The van der Waals surface area contributed by atoms with Gasteiger partial charge in [0, 0.05) is 23.8 Å². The zero-order chi connectivity index (χ0) is 24.6. The Morgan fingerprint density at radius 1 is 1.03 bits per heavy atom. The van der Waals surface area contributed by atoms with Crippen LogP contribution in [0.25, 0.3) is 11.1 Å². The largest absolute Gasteiger partial charge is 0.302 e. The molecule has 0 amide bonds. The predicted octanol–water partition coefficient (Wildman–Crippen LogP) is 6.41. The molecule has 7 nitrogen and oxygen atoms in total. The van der Waals surface area contributed by atoms with Gasteiger partial charge in [0.25, 0.3) is 5.69 Å². The van der Waals surface area contributed by atoms with Gasteiger partial charge in [0.15, 0.2) is 5.16 Å². The fraction of sp³-hybridized carbons (Fsp3) is 0.222. The first-order chi connectivity index (χ1) is 17.1. The average molecular weight is 484 g/mol. The van der Waals surface area contributed by atoms with Crippen molar-refractivity contribution in [2.24, 2.45) is 0 Å². The zero-order valence-electron chi connectivity index (χ0n) is 19.4. The molecule has 0 N–H and O–H groups in total. The Bertz CT molecular complexity index is 1360. The number of hydrogen-bond donors (Lipinski definition) is 0. The molecule has 4 aromatic rings. The molecule has 0 fully saturated rings. The van der Waals surface area contributed by atoms with Crippen molar-refractivity contribution in [2.45, 2.75) is 43.6 Å². The van der Waals surface area contributed by atoms with Crippen LogP contribution < -0.4 is 0 Å². The van der Waals surface area contributed by atoms with E-state index in [9.17, 15) is 15.4 Å². The van der Waals surface area contributed by atoms with Crippen molar-refractivity contribution in [1.82, 2.24) is 14.8 Å². The van der Waals surface area contributed by atoms with Gasteiger partial charge in [-0.25, -0.2) is 0 Å². The van der Waals surface area contributed by atoms with Crippen LogP contribution in [-0.4, -0.2) is 19.7 Å². The molecular formula is C27H25N5O2S. The number of nitro groups is 1. The molecule has 1 aromatic heterocycles. The molecule has 1 heterocycles. The minimum absolute atomic E-state index is 0.116. The van der Waals surface area contributed by atoms with Crippen LogP contribution >= 0.6 is 11.8 Å². The summed E-state index contributed by atoms with van der Waals surface area (Å²) in [6, 6.07) is 24.8. The number of unbranched alkanes of at least 4 members (excludes halogenated alkanes) is 1. The monoisotopic (exact) mass is 483 g/mol. The van der Waals surface area contributed by atoms with E-state index in [4.69, 9.17) is 0 Å². The maximum absolute atomic E-state index is 11.4. The summed E-state index contributed by atoms with van der Waals surface area (Å²) >= 11 is 1.46. The molecule has 0 bridgehead atoms. The van der Waals surface area contributed by atoms with Crippen LogP contribution in [0.5, 0.6) is 0 Å². The van der Waals surface area contributed by atoms with Crippen molar-refractivity contribution >= 4 is 17.4 Å². The summed E-state index contributed by atoms with van der Waals surface area (Å²) in [4.78, 5) is 11.0. The molecule has 0 aliphatic heterocycles. The number of aromatic nitrogens is 3. The minimum atomic E-state index is -0.348. The van der Waals surface area contributed by atoms with Crippen LogP contribution in [0.3, 0.4) is 0 Å². The topological polar surface area (TPSA) is 97.6 Å². The molecule has 0 saturated heterocycles. The Morgan fingerprint density at radius 2 is 1.77 bits per heavy atom. The van der Waals surface area contributed by atoms with Crippen LogP contribution in [0.15, 0.2) is 78.0 Å². The van der Waals surface area contributed by atoms with Crippen LogP contribution in [0.2, 0.25) is 0 Å². The van der Waals surface area contributed by atoms with Crippen LogP contribution in [0, 0.1) is 21.4 Å². The van der Waals surface area contributed by atoms with E-state index < -0.39 is 0 Å². The quantitative estimate of drug-likeness (QED) is 0.147. The molecule has 0 spiro atoms. The number of hydrogen-bond acceptors (Lipinski definition) is 6. The van der Waals surface area contributed by atoms with Gasteiger partial charge in [-0.15, -0.1) is 10.2 Å². The van der Waals surface area contributed by atoms with Gasteiger partial charge in [-0.2, -0.15) is 5.26 Å². The fourth-order valence-corrected chi connectivity index (χ4v) is 4.82. The van der Waals surface area contributed by atoms with Gasteiger partial charge in [0.05, 0.1) is 23.1 Å². The minimum Gasteiger partial charge on any atom is -0.302 e. The molecule has 0 atom stereocenters. The average Bonchev–Trinajstić information content (AvgIpc) is 3.27. The van der Waals surface area contributed by atoms with E-state index in [-0.39, 0.29) is 10.6 Å². The summed E-state index contributed by atoms with van der Waals surface area (Å²) in [5.41, 5.74) is 4.42. The Morgan fingerprint density at radius 3 is 2.51 bits per heavy atom. The van der Waals surface area contributed by atoms with E-state index >= 15 is 0 Å². The highest BCUT2D eigenvalue weighted by atomic mass is 32.2. The van der Waals surface area contributed by atoms with Gasteiger partial charge >= 0.3 is 0 Å². The Labute approximate surface area is 208 Å². The number of para-hydroxylation sites is 1. The number of benzene rings is 3. The van der Waals surface area contributed by atoms with Gasteiger partial charge in [-0.05, 0) is 29.2 Å². The first-order valence-corrected chi connectivity index (χ1v) is 12.4. The predicted molar refractivity (Wildman–Crippen MR) is 137 cm³/mol. The number of nitrogens with zero attached hydrogens (tertiary/aromatic N) is 5. The summed E-state index contributed by atoms with van der Waals surface area (Å²) in [7, 11) is 0. The van der Waals surface area contributed by atoms with Crippen molar-refractivity contribution < 1.29 is 4.92 Å². The van der Waals surface area contributed by atoms with Gasteiger partial charge in [0.1, 0.15) is 5.82 Å². The molecule has 35 heavy (non-hydrogen) atoms. The summed E-state index contributed by atoms with van der Waals surface area (Å²) < 4.78 is 2.10. The third kappa shape index (κ3) is 5.76. The van der Waals surface area contributed by atoms with E-state index in [1.807, 2.05) is 42.5 Å². The highest BCUT2D eigenvalue weighted by molar-refractivity contribution is 7.98. The molecule has 0 aliphatic carbocycles. The first kappa shape index (κ1) is 24.2. The molecule has 0 radical (unpaired) electrons. The lowest BCUT2D eigenvalue weighted by molar-refractivity contribution is -0.385.